The summed E-state index contributed by atoms with van der Waals surface area (Å²) in [7, 11) is 0. The lowest BCUT2D eigenvalue weighted by atomic mass is 10.1. The molecule has 1 atom stereocenters. The van der Waals surface area contributed by atoms with Crippen LogP contribution < -0.4 is 4.90 Å². The van der Waals surface area contributed by atoms with Crippen LogP contribution in [-0.2, 0) is 4.79 Å². The highest BCUT2D eigenvalue weighted by atomic mass is 35.5. The number of hydrogen-bond donors (Lipinski definition) is 0. The minimum absolute atomic E-state index is 0.121. The zero-order valence-electron chi connectivity index (χ0n) is 13.0. The average molecular weight is 330 g/mol. The van der Waals surface area contributed by atoms with Crippen molar-refractivity contribution in [3.8, 4) is 0 Å². The molecule has 1 aromatic carbocycles. The van der Waals surface area contributed by atoms with E-state index in [1.54, 1.807) is 0 Å². The number of nitrogens with zero attached hydrogens (tertiary/aromatic N) is 3. The zero-order chi connectivity index (χ0) is 15.8. The molecule has 2 saturated heterocycles. The monoisotopic (exact) mass is 329 g/mol. The van der Waals surface area contributed by atoms with Gasteiger partial charge >= 0.3 is 0 Å². The molecular formula is C18H20ClN3O. The number of likely N-dealkylation sites (tertiary alicyclic amines) is 1. The second-order valence-corrected chi connectivity index (χ2v) is 6.91. The predicted molar refractivity (Wildman–Crippen MR) is 92.9 cm³/mol. The van der Waals surface area contributed by atoms with Crippen LogP contribution in [0.3, 0.4) is 0 Å². The summed E-state index contributed by atoms with van der Waals surface area (Å²) in [5.74, 6) is 1.41. The van der Waals surface area contributed by atoms with E-state index in [0.29, 0.717) is 5.91 Å². The number of carbonyl (C=O) groups is 1. The fourth-order valence-electron chi connectivity index (χ4n) is 3.63. The molecule has 2 aliphatic heterocycles. The molecule has 1 aromatic heterocycles. The van der Waals surface area contributed by atoms with Crippen molar-refractivity contribution in [2.75, 3.05) is 31.1 Å². The van der Waals surface area contributed by atoms with E-state index in [-0.39, 0.29) is 5.92 Å². The van der Waals surface area contributed by atoms with E-state index in [1.807, 2.05) is 29.2 Å². The summed E-state index contributed by atoms with van der Waals surface area (Å²) in [5, 5.41) is 1.77. The van der Waals surface area contributed by atoms with Gasteiger partial charge in [0.2, 0.25) is 5.91 Å². The Hall–Kier alpha value is -1.81. The molecule has 2 aliphatic rings. The topological polar surface area (TPSA) is 36.4 Å². The fraction of sp³-hybridized carbons (Fsp3) is 0.444. The lowest BCUT2D eigenvalue weighted by Gasteiger charge is -2.21. The predicted octanol–water partition coefficient (Wildman–Crippen LogP) is 3.34. The molecule has 120 valence electrons. The van der Waals surface area contributed by atoms with Gasteiger partial charge in [-0.3, -0.25) is 4.79 Å². The number of carbonyl (C=O) groups excluding carboxylic acids is 1. The highest BCUT2D eigenvalue weighted by Gasteiger charge is 2.32. The number of benzene rings is 1. The largest absolute Gasteiger partial charge is 0.356 e. The van der Waals surface area contributed by atoms with Crippen LogP contribution in [0.5, 0.6) is 0 Å². The summed E-state index contributed by atoms with van der Waals surface area (Å²) in [6.07, 6.45) is 3.23. The second-order valence-electron chi connectivity index (χ2n) is 6.47. The zero-order valence-corrected chi connectivity index (χ0v) is 13.8. The molecule has 1 unspecified atom stereocenters. The van der Waals surface area contributed by atoms with E-state index in [0.717, 1.165) is 67.2 Å². The number of amides is 1. The maximum Gasteiger partial charge on any atom is 0.227 e. The SMILES string of the molecule is O=C(C1CCN(c2ccc3cc(Cl)ccc3n2)C1)N1CCCC1. The maximum absolute atomic E-state index is 12.5. The van der Waals surface area contributed by atoms with Gasteiger partial charge in [0.25, 0.3) is 0 Å². The standard InChI is InChI=1S/C18H20ClN3O/c19-15-4-5-16-13(11-15)3-6-17(20-16)22-10-7-14(12-22)18(23)21-8-1-2-9-21/h3-6,11,14H,1-2,7-10,12H2. The van der Waals surface area contributed by atoms with Crippen molar-refractivity contribution < 1.29 is 4.79 Å². The summed E-state index contributed by atoms with van der Waals surface area (Å²) >= 11 is 6.02. The van der Waals surface area contributed by atoms with Crippen molar-refractivity contribution in [2.45, 2.75) is 19.3 Å². The Labute approximate surface area is 141 Å². The lowest BCUT2D eigenvalue weighted by molar-refractivity contribution is -0.133. The van der Waals surface area contributed by atoms with Crippen LogP contribution >= 0.6 is 11.6 Å². The Morgan fingerprint density at radius 1 is 1.13 bits per heavy atom. The van der Waals surface area contributed by atoms with Crippen molar-refractivity contribution in [1.29, 1.82) is 0 Å². The van der Waals surface area contributed by atoms with Crippen molar-refractivity contribution in [1.82, 2.24) is 9.88 Å². The van der Waals surface area contributed by atoms with Gasteiger partial charge in [0.05, 0.1) is 11.4 Å². The molecule has 0 N–H and O–H groups in total. The Morgan fingerprint density at radius 3 is 2.78 bits per heavy atom. The number of rotatable bonds is 2. The number of fused-ring (bicyclic) bond motifs is 1. The average Bonchev–Trinajstić information content (AvgIpc) is 3.25. The quantitative estimate of drug-likeness (QED) is 0.848. The molecule has 4 rings (SSSR count). The van der Waals surface area contributed by atoms with Gasteiger partial charge in [-0.2, -0.15) is 0 Å². The summed E-state index contributed by atoms with van der Waals surface area (Å²) in [5.41, 5.74) is 0.946. The summed E-state index contributed by atoms with van der Waals surface area (Å²) in [4.78, 5) is 21.5. The van der Waals surface area contributed by atoms with Crippen LogP contribution in [0.4, 0.5) is 5.82 Å². The van der Waals surface area contributed by atoms with E-state index in [1.165, 1.54) is 0 Å². The molecule has 0 spiro atoms. The van der Waals surface area contributed by atoms with Gasteiger partial charge in [-0.25, -0.2) is 4.98 Å². The molecule has 0 bridgehead atoms. The Morgan fingerprint density at radius 2 is 1.96 bits per heavy atom. The molecule has 4 nitrogen and oxygen atoms in total. The third-order valence-corrected chi connectivity index (χ3v) is 5.15. The summed E-state index contributed by atoms with van der Waals surface area (Å²) in [6.45, 7) is 3.55. The molecule has 3 heterocycles. The fourth-order valence-corrected chi connectivity index (χ4v) is 3.81. The van der Waals surface area contributed by atoms with E-state index in [2.05, 4.69) is 11.0 Å². The maximum atomic E-state index is 12.5. The minimum Gasteiger partial charge on any atom is -0.356 e. The van der Waals surface area contributed by atoms with Crippen LogP contribution in [-0.4, -0.2) is 42.0 Å². The Kier molecular flexibility index (Phi) is 3.85. The van der Waals surface area contributed by atoms with Crippen LogP contribution in [0.15, 0.2) is 30.3 Å². The van der Waals surface area contributed by atoms with Crippen molar-refractivity contribution >= 4 is 34.2 Å². The molecular weight excluding hydrogens is 310 g/mol. The smallest absolute Gasteiger partial charge is 0.227 e. The first kappa shape index (κ1) is 14.8. The number of halogens is 1. The normalized spacial score (nSPS) is 21.3. The highest BCUT2D eigenvalue weighted by molar-refractivity contribution is 6.31. The lowest BCUT2D eigenvalue weighted by Crippen LogP contribution is -2.35. The van der Waals surface area contributed by atoms with Gasteiger partial charge in [-0.1, -0.05) is 11.6 Å². The third-order valence-electron chi connectivity index (χ3n) is 4.92. The van der Waals surface area contributed by atoms with Gasteiger partial charge < -0.3 is 9.80 Å². The van der Waals surface area contributed by atoms with E-state index >= 15 is 0 Å². The molecule has 0 radical (unpaired) electrons. The van der Waals surface area contributed by atoms with Crippen LogP contribution in [0.1, 0.15) is 19.3 Å². The van der Waals surface area contributed by atoms with Gasteiger partial charge in [0, 0.05) is 36.6 Å². The van der Waals surface area contributed by atoms with Gasteiger partial charge in [-0.15, -0.1) is 0 Å². The molecule has 2 fully saturated rings. The Balaban J connectivity index is 1.50. The Bertz CT molecular complexity index is 742. The van der Waals surface area contributed by atoms with Gasteiger partial charge in [0.1, 0.15) is 5.82 Å². The molecule has 5 heteroatoms. The van der Waals surface area contributed by atoms with Crippen LogP contribution in [0.25, 0.3) is 10.9 Å². The molecule has 0 saturated carbocycles. The van der Waals surface area contributed by atoms with Gasteiger partial charge in [0.15, 0.2) is 0 Å². The van der Waals surface area contributed by atoms with E-state index < -0.39 is 0 Å². The van der Waals surface area contributed by atoms with Crippen LogP contribution in [0.2, 0.25) is 5.02 Å². The first-order valence-corrected chi connectivity index (χ1v) is 8.68. The van der Waals surface area contributed by atoms with Crippen molar-refractivity contribution in [3.05, 3.63) is 35.4 Å². The van der Waals surface area contributed by atoms with E-state index in [4.69, 9.17) is 16.6 Å². The van der Waals surface area contributed by atoms with Gasteiger partial charge in [-0.05, 0) is 49.6 Å². The second kappa shape index (κ2) is 6.00. The number of pyridine rings is 1. The molecule has 1 amide bonds. The van der Waals surface area contributed by atoms with Crippen molar-refractivity contribution in [2.24, 2.45) is 5.92 Å². The third kappa shape index (κ3) is 2.88. The number of anilines is 1. The summed E-state index contributed by atoms with van der Waals surface area (Å²) in [6, 6.07) is 9.83. The molecule has 23 heavy (non-hydrogen) atoms. The van der Waals surface area contributed by atoms with E-state index in [9.17, 15) is 4.79 Å². The van der Waals surface area contributed by atoms with Crippen molar-refractivity contribution in [3.63, 3.8) is 0 Å². The first-order valence-electron chi connectivity index (χ1n) is 8.31. The minimum atomic E-state index is 0.121. The molecule has 0 aliphatic carbocycles. The highest BCUT2D eigenvalue weighted by Crippen LogP contribution is 2.27. The first-order chi connectivity index (χ1) is 11.2. The number of hydrogen-bond acceptors (Lipinski definition) is 3. The number of aromatic nitrogens is 1. The summed E-state index contributed by atoms with van der Waals surface area (Å²) < 4.78 is 0. The van der Waals surface area contributed by atoms with Crippen LogP contribution in [0, 0.1) is 5.92 Å². The molecule has 2 aromatic rings.